The van der Waals surface area contributed by atoms with E-state index in [0.29, 0.717) is 12.3 Å². The van der Waals surface area contributed by atoms with Crippen LogP contribution in [0.4, 0.5) is 4.39 Å². The predicted molar refractivity (Wildman–Crippen MR) is 102 cm³/mol. The number of halogens is 1. The Kier molecular flexibility index (Phi) is 5.59. The first kappa shape index (κ1) is 19.2. The highest BCUT2D eigenvalue weighted by Gasteiger charge is 2.27. The molecule has 1 saturated carbocycles. The van der Waals surface area contributed by atoms with Gasteiger partial charge in [0.25, 0.3) is 5.89 Å². The molecule has 1 aromatic carbocycles. The maximum Gasteiger partial charge on any atom is 0.437 e. The molecule has 7 nitrogen and oxygen atoms in total. The molecule has 1 aliphatic rings. The lowest BCUT2D eigenvalue weighted by Crippen LogP contribution is -2.43. The lowest BCUT2D eigenvalue weighted by Gasteiger charge is -2.34. The third kappa shape index (κ3) is 4.47. The Hall–Kier alpha value is -3.16. The minimum Gasteiger partial charge on any atom is -0.459 e. The highest BCUT2D eigenvalue weighted by atomic mass is 19.1. The van der Waals surface area contributed by atoms with Crippen molar-refractivity contribution in [2.24, 2.45) is 0 Å². The summed E-state index contributed by atoms with van der Waals surface area (Å²) in [6.07, 6.45) is 6.56. The average Bonchev–Trinajstić information content (AvgIpc) is 3.38. The summed E-state index contributed by atoms with van der Waals surface area (Å²) in [5, 5.41) is 4.09. The van der Waals surface area contributed by atoms with Crippen molar-refractivity contribution in [3.05, 3.63) is 64.6 Å². The predicted octanol–water partition coefficient (Wildman–Crippen LogP) is 3.60. The van der Waals surface area contributed by atoms with Crippen molar-refractivity contribution in [2.75, 3.05) is 0 Å². The van der Waals surface area contributed by atoms with Gasteiger partial charge in [-0.15, -0.1) is 5.10 Å². The fourth-order valence-electron chi connectivity index (χ4n) is 3.73. The van der Waals surface area contributed by atoms with E-state index < -0.39 is 5.76 Å². The van der Waals surface area contributed by atoms with E-state index in [2.05, 4.69) is 5.10 Å². The number of nitrogens with zero attached hydrogens (tertiary/aromatic N) is 3. The summed E-state index contributed by atoms with van der Waals surface area (Å²) in [7, 11) is 0. The molecule has 0 aliphatic heterocycles. The highest BCUT2D eigenvalue weighted by Crippen LogP contribution is 2.25. The van der Waals surface area contributed by atoms with Gasteiger partial charge in [0.2, 0.25) is 5.91 Å². The van der Waals surface area contributed by atoms with Crippen molar-refractivity contribution in [1.82, 2.24) is 14.7 Å². The summed E-state index contributed by atoms with van der Waals surface area (Å²) in [6, 6.07) is 9.50. The first-order valence-corrected chi connectivity index (χ1v) is 9.76. The second kappa shape index (κ2) is 8.46. The molecule has 4 rings (SSSR count). The molecule has 0 radical (unpaired) electrons. The number of carbonyl (C=O) groups is 1. The normalized spacial score (nSPS) is 14.8. The van der Waals surface area contributed by atoms with Crippen molar-refractivity contribution >= 4 is 5.91 Å². The molecule has 29 heavy (non-hydrogen) atoms. The van der Waals surface area contributed by atoms with E-state index >= 15 is 0 Å². The van der Waals surface area contributed by atoms with Gasteiger partial charge in [0.15, 0.2) is 5.76 Å². The SMILES string of the molecule is O=C(Cn1nc(-c2ccco2)oc1=O)N(Cc1ccc(F)cc1)C1CCCCC1. The van der Waals surface area contributed by atoms with Crippen LogP contribution < -0.4 is 5.76 Å². The van der Waals surface area contributed by atoms with Crippen LogP contribution in [-0.4, -0.2) is 26.6 Å². The molecule has 8 heteroatoms. The van der Waals surface area contributed by atoms with E-state index in [1.165, 1.54) is 18.4 Å². The lowest BCUT2D eigenvalue weighted by molar-refractivity contribution is -0.136. The monoisotopic (exact) mass is 399 g/mol. The van der Waals surface area contributed by atoms with Gasteiger partial charge in [-0.1, -0.05) is 31.4 Å². The third-order valence-electron chi connectivity index (χ3n) is 5.23. The van der Waals surface area contributed by atoms with E-state index in [9.17, 15) is 14.0 Å². The van der Waals surface area contributed by atoms with Crippen LogP contribution in [0, 0.1) is 5.82 Å². The molecule has 0 bridgehead atoms. The van der Waals surface area contributed by atoms with Crippen molar-refractivity contribution in [2.45, 2.75) is 51.2 Å². The van der Waals surface area contributed by atoms with Crippen LogP contribution in [0.3, 0.4) is 0 Å². The maximum absolute atomic E-state index is 13.2. The van der Waals surface area contributed by atoms with Gasteiger partial charge in [0.05, 0.1) is 6.26 Å². The Balaban J connectivity index is 1.54. The van der Waals surface area contributed by atoms with Gasteiger partial charge in [-0.25, -0.2) is 9.18 Å². The zero-order valence-electron chi connectivity index (χ0n) is 15.9. The van der Waals surface area contributed by atoms with E-state index in [-0.39, 0.29) is 30.2 Å². The molecule has 0 N–H and O–H groups in total. The smallest absolute Gasteiger partial charge is 0.437 e. The minimum absolute atomic E-state index is 0.0375. The van der Waals surface area contributed by atoms with Crippen molar-refractivity contribution < 1.29 is 18.0 Å². The third-order valence-corrected chi connectivity index (χ3v) is 5.23. The van der Waals surface area contributed by atoms with Gasteiger partial charge in [0, 0.05) is 12.6 Å². The number of rotatable bonds is 6. The van der Waals surface area contributed by atoms with Crippen LogP contribution in [0.15, 0.2) is 56.3 Å². The summed E-state index contributed by atoms with van der Waals surface area (Å²) in [5.74, 6) is -0.888. The second-order valence-corrected chi connectivity index (χ2v) is 7.25. The first-order valence-electron chi connectivity index (χ1n) is 9.76. The summed E-state index contributed by atoms with van der Waals surface area (Å²) < 4.78 is 24.6. The Morgan fingerprint density at radius 1 is 1.17 bits per heavy atom. The van der Waals surface area contributed by atoms with E-state index in [1.54, 1.807) is 29.2 Å². The van der Waals surface area contributed by atoms with Gasteiger partial charge in [-0.3, -0.25) is 4.79 Å². The van der Waals surface area contributed by atoms with Crippen molar-refractivity contribution in [3.8, 4) is 11.7 Å². The molecule has 0 unspecified atom stereocenters. The van der Waals surface area contributed by atoms with Gasteiger partial charge >= 0.3 is 5.76 Å². The Morgan fingerprint density at radius 3 is 2.62 bits per heavy atom. The molecule has 1 aliphatic carbocycles. The molecule has 1 fully saturated rings. The lowest BCUT2D eigenvalue weighted by atomic mass is 9.93. The Bertz CT molecular complexity index is 1000. The van der Waals surface area contributed by atoms with Gasteiger partial charge < -0.3 is 13.7 Å². The van der Waals surface area contributed by atoms with E-state index in [1.807, 2.05) is 0 Å². The first-order chi connectivity index (χ1) is 14.1. The number of amides is 1. The molecule has 2 heterocycles. The van der Waals surface area contributed by atoms with Crippen molar-refractivity contribution in [3.63, 3.8) is 0 Å². The number of benzene rings is 1. The molecule has 0 spiro atoms. The zero-order chi connectivity index (χ0) is 20.2. The van der Waals surface area contributed by atoms with Crippen LogP contribution >= 0.6 is 0 Å². The van der Waals surface area contributed by atoms with Crippen LogP contribution in [0.1, 0.15) is 37.7 Å². The van der Waals surface area contributed by atoms with Gasteiger partial charge in [-0.2, -0.15) is 4.68 Å². The van der Waals surface area contributed by atoms with E-state index in [4.69, 9.17) is 8.83 Å². The van der Waals surface area contributed by atoms with Gasteiger partial charge in [-0.05, 0) is 42.7 Å². The molecule has 152 valence electrons. The average molecular weight is 399 g/mol. The number of hydrogen-bond donors (Lipinski definition) is 0. The molecule has 0 atom stereocenters. The zero-order valence-corrected chi connectivity index (χ0v) is 15.9. The highest BCUT2D eigenvalue weighted by molar-refractivity contribution is 5.76. The Morgan fingerprint density at radius 2 is 1.93 bits per heavy atom. The molecule has 0 saturated heterocycles. The fourth-order valence-corrected chi connectivity index (χ4v) is 3.73. The molecular formula is C21H22FN3O4. The minimum atomic E-state index is -0.713. The van der Waals surface area contributed by atoms with Crippen LogP contribution in [0.25, 0.3) is 11.7 Å². The van der Waals surface area contributed by atoms with Crippen LogP contribution in [0.2, 0.25) is 0 Å². The molecule has 2 aromatic heterocycles. The maximum atomic E-state index is 13.2. The van der Waals surface area contributed by atoms with Crippen LogP contribution in [-0.2, 0) is 17.9 Å². The number of carbonyl (C=O) groups excluding carboxylic acids is 1. The van der Waals surface area contributed by atoms with E-state index in [0.717, 1.165) is 42.3 Å². The number of furan rings is 1. The fraction of sp³-hybridized carbons (Fsp3) is 0.381. The second-order valence-electron chi connectivity index (χ2n) is 7.25. The topological polar surface area (TPSA) is 81.5 Å². The summed E-state index contributed by atoms with van der Waals surface area (Å²) in [4.78, 5) is 27.0. The Labute approximate surface area is 166 Å². The summed E-state index contributed by atoms with van der Waals surface area (Å²) >= 11 is 0. The van der Waals surface area contributed by atoms with Gasteiger partial charge in [0.1, 0.15) is 12.4 Å². The standard InChI is InChI=1S/C21H22FN3O4/c22-16-10-8-15(9-11-16)13-24(17-5-2-1-3-6-17)19(26)14-25-21(27)29-20(23-25)18-7-4-12-28-18/h4,7-12,17H,1-3,5-6,13-14H2. The molecular weight excluding hydrogens is 377 g/mol. The number of aromatic nitrogens is 2. The largest absolute Gasteiger partial charge is 0.459 e. The molecule has 3 aromatic rings. The van der Waals surface area contributed by atoms with Crippen LogP contribution in [0.5, 0.6) is 0 Å². The summed E-state index contributed by atoms with van der Waals surface area (Å²) in [6.45, 7) is 0.141. The quantitative estimate of drug-likeness (QED) is 0.633. The summed E-state index contributed by atoms with van der Waals surface area (Å²) in [5.41, 5.74) is 0.842. The number of hydrogen-bond acceptors (Lipinski definition) is 5. The van der Waals surface area contributed by atoms with Crippen molar-refractivity contribution in [1.29, 1.82) is 0 Å². The molecule has 1 amide bonds.